The van der Waals surface area contributed by atoms with Crippen LogP contribution in [-0.2, 0) is 17.8 Å². The highest BCUT2D eigenvalue weighted by Crippen LogP contribution is 2.16. The molecule has 2 N–H and O–H groups in total. The Hall–Kier alpha value is -2.44. The van der Waals surface area contributed by atoms with Crippen LogP contribution < -0.4 is 5.69 Å². The normalized spacial score (nSPS) is 12.3. The van der Waals surface area contributed by atoms with Gasteiger partial charge in [-0.05, 0) is 25.8 Å². The monoisotopic (exact) mass is 290 g/mol. The zero-order chi connectivity index (χ0) is 15.6. The lowest BCUT2D eigenvalue weighted by Crippen LogP contribution is -2.29. The molecule has 0 aromatic carbocycles. The van der Waals surface area contributed by atoms with E-state index >= 15 is 0 Å². The van der Waals surface area contributed by atoms with Crippen LogP contribution in [0, 0.1) is 19.8 Å². The van der Waals surface area contributed by atoms with Gasteiger partial charge in [0.25, 0.3) is 0 Å². The molecule has 1 atom stereocenters. The molecule has 0 fully saturated rings. The van der Waals surface area contributed by atoms with Crippen LogP contribution in [0.2, 0.25) is 0 Å². The Morgan fingerprint density at radius 1 is 1.48 bits per heavy atom. The highest BCUT2D eigenvalue weighted by Gasteiger charge is 2.18. The average Bonchev–Trinajstić information content (AvgIpc) is 2.92. The first-order valence-corrected chi connectivity index (χ1v) is 6.67. The van der Waals surface area contributed by atoms with Crippen molar-refractivity contribution in [2.24, 2.45) is 5.92 Å². The van der Waals surface area contributed by atoms with Gasteiger partial charge in [0.15, 0.2) is 0 Å². The Balaban J connectivity index is 2.42. The summed E-state index contributed by atoms with van der Waals surface area (Å²) in [5.74, 6) is -1.38. The van der Waals surface area contributed by atoms with Crippen LogP contribution in [0.25, 0.3) is 0 Å². The minimum absolute atomic E-state index is 0.335. The number of nitrogens with zero attached hydrogens (tertiary/aromatic N) is 3. The van der Waals surface area contributed by atoms with Crippen LogP contribution in [-0.4, -0.2) is 30.8 Å². The molecule has 7 heteroatoms. The van der Waals surface area contributed by atoms with E-state index in [2.05, 4.69) is 15.2 Å². The van der Waals surface area contributed by atoms with Crippen molar-refractivity contribution in [1.29, 1.82) is 0 Å². The van der Waals surface area contributed by atoms with Gasteiger partial charge in [0.05, 0.1) is 18.7 Å². The van der Waals surface area contributed by atoms with Gasteiger partial charge in [0.1, 0.15) is 0 Å². The first kappa shape index (κ1) is 15.0. The number of aryl methyl sites for hydroxylation is 1. The van der Waals surface area contributed by atoms with Crippen molar-refractivity contribution in [2.75, 3.05) is 0 Å². The number of carbonyl (C=O) groups is 1. The van der Waals surface area contributed by atoms with Gasteiger partial charge < -0.3 is 5.11 Å². The van der Waals surface area contributed by atoms with Crippen LogP contribution >= 0.6 is 0 Å². The van der Waals surface area contributed by atoms with E-state index in [4.69, 9.17) is 5.11 Å². The molecule has 0 saturated carbocycles. The molecule has 0 aliphatic rings. The van der Waals surface area contributed by atoms with Gasteiger partial charge in [-0.25, -0.2) is 4.79 Å². The van der Waals surface area contributed by atoms with Crippen molar-refractivity contribution in [3.63, 3.8) is 0 Å². The number of aromatic nitrogens is 4. The standard InChI is InChI=1S/C14H18N4O3/c1-8(13(19)20)4-12-9(2)17-14(21)18(10(12)3)7-11-5-15-16-6-11/h5-6,8H,4,7H2,1-3H3,(H,15,16)(H,19,20). The van der Waals surface area contributed by atoms with Gasteiger partial charge in [-0.15, -0.1) is 0 Å². The second kappa shape index (κ2) is 5.90. The third-order valence-electron chi connectivity index (χ3n) is 3.60. The van der Waals surface area contributed by atoms with Gasteiger partial charge in [-0.2, -0.15) is 10.1 Å². The average molecular weight is 290 g/mol. The summed E-state index contributed by atoms with van der Waals surface area (Å²) in [6.07, 6.45) is 3.71. The van der Waals surface area contributed by atoms with Crippen LogP contribution in [0.3, 0.4) is 0 Å². The van der Waals surface area contributed by atoms with E-state index in [0.717, 1.165) is 16.8 Å². The SMILES string of the molecule is Cc1nc(=O)n(Cc2cn[nH]c2)c(C)c1CC(C)C(=O)O. The Labute approximate surface area is 121 Å². The smallest absolute Gasteiger partial charge is 0.348 e. The predicted molar refractivity (Wildman–Crippen MR) is 76.2 cm³/mol. The fraction of sp³-hybridized carbons (Fsp3) is 0.429. The number of aromatic amines is 1. The Kier molecular flexibility index (Phi) is 4.21. The Morgan fingerprint density at radius 2 is 2.19 bits per heavy atom. The van der Waals surface area contributed by atoms with Crippen LogP contribution in [0.1, 0.15) is 29.4 Å². The number of carboxylic acid groups (broad SMARTS) is 1. The first-order valence-electron chi connectivity index (χ1n) is 6.67. The molecule has 21 heavy (non-hydrogen) atoms. The molecule has 2 aromatic rings. The molecule has 0 spiro atoms. The number of hydrogen-bond acceptors (Lipinski definition) is 4. The topological polar surface area (TPSA) is 101 Å². The zero-order valence-corrected chi connectivity index (χ0v) is 12.3. The molecule has 0 aliphatic carbocycles. The van der Waals surface area contributed by atoms with E-state index in [1.807, 2.05) is 6.92 Å². The minimum atomic E-state index is -0.860. The molecule has 0 saturated heterocycles. The summed E-state index contributed by atoms with van der Waals surface area (Å²) in [7, 11) is 0. The number of carboxylic acids is 1. The van der Waals surface area contributed by atoms with Crippen molar-refractivity contribution in [2.45, 2.75) is 33.7 Å². The summed E-state index contributed by atoms with van der Waals surface area (Å²) in [4.78, 5) is 27.1. The maximum Gasteiger partial charge on any atom is 0.348 e. The highest BCUT2D eigenvalue weighted by molar-refractivity contribution is 5.70. The highest BCUT2D eigenvalue weighted by atomic mass is 16.4. The van der Waals surface area contributed by atoms with Crippen molar-refractivity contribution < 1.29 is 9.90 Å². The second-order valence-electron chi connectivity index (χ2n) is 5.18. The van der Waals surface area contributed by atoms with E-state index in [0.29, 0.717) is 18.7 Å². The first-order chi connectivity index (χ1) is 9.90. The molecule has 2 aromatic heterocycles. The van der Waals surface area contributed by atoms with Crippen molar-refractivity contribution in [1.82, 2.24) is 19.7 Å². The summed E-state index contributed by atoms with van der Waals surface area (Å²) in [6, 6.07) is 0. The molecule has 0 radical (unpaired) electrons. The van der Waals surface area contributed by atoms with Crippen LogP contribution in [0.4, 0.5) is 0 Å². The molecule has 112 valence electrons. The van der Waals surface area contributed by atoms with E-state index < -0.39 is 11.9 Å². The maximum absolute atomic E-state index is 12.1. The summed E-state index contributed by atoms with van der Waals surface area (Å²) in [6.45, 7) is 5.57. The van der Waals surface area contributed by atoms with E-state index in [-0.39, 0.29) is 5.69 Å². The molecule has 0 aliphatic heterocycles. The fourth-order valence-corrected chi connectivity index (χ4v) is 2.26. The summed E-state index contributed by atoms with van der Waals surface area (Å²) >= 11 is 0. The van der Waals surface area contributed by atoms with Gasteiger partial charge in [0.2, 0.25) is 0 Å². The molecule has 2 rings (SSSR count). The van der Waals surface area contributed by atoms with E-state index in [9.17, 15) is 9.59 Å². The molecule has 7 nitrogen and oxygen atoms in total. The number of nitrogens with one attached hydrogen (secondary N) is 1. The van der Waals surface area contributed by atoms with Crippen molar-refractivity contribution >= 4 is 5.97 Å². The van der Waals surface area contributed by atoms with Gasteiger partial charge in [-0.1, -0.05) is 6.92 Å². The predicted octanol–water partition coefficient (Wildman–Crippen LogP) is 0.895. The zero-order valence-electron chi connectivity index (χ0n) is 12.3. The lowest BCUT2D eigenvalue weighted by Gasteiger charge is -2.16. The van der Waals surface area contributed by atoms with Crippen molar-refractivity contribution in [3.05, 3.63) is 45.4 Å². The van der Waals surface area contributed by atoms with Crippen molar-refractivity contribution in [3.8, 4) is 0 Å². The molecular formula is C14H18N4O3. The summed E-state index contributed by atoms with van der Waals surface area (Å²) in [5, 5.41) is 15.6. The largest absolute Gasteiger partial charge is 0.481 e. The van der Waals surface area contributed by atoms with E-state index in [1.54, 1.807) is 30.8 Å². The molecule has 2 heterocycles. The number of aliphatic carboxylic acids is 1. The third kappa shape index (κ3) is 3.18. The third-order valence-corrected chi connectivity index (χ3v) is 3.60. The lowest BCUT2D eigenvalue weighted by molar-refractivity contribution is -0.141. The fourth-order valence-electron chi connectivity index (χ4n) is 2.26. The second-order valence-corrected chi connectivity index (χ2v) is 5.18. The van der Waals surface area contributed by atoms with Gasteiger partial charge in [-0.3, -0.25) is 14.5 Å². The van der Waals surface area contributed by atoms with Crippen LogP contribution in [0.5, 0.6) is 0 Å². The lowest BCUT2D eigenvalue weighted by atomic mass is 9.99. The quantitative estimate of drug-likeness (QED) is 0.851. The molecular weight excluding hydrogens is 272 g/mol. The van der Waals surface area contributed by atoms with Gasteiger partial charge in [0, 0.05) is 23.1 Å². The number of hydrogen-bond donors (Lipinski definition) is 2. The maximum atomic E-state index is 12.1. The molecule has 0 bridgehead atoms. The van der Waals surface area contributed by atoms with E-state index in [1.165, 1.54) is 0 Å². The number of H-pyrrole nitrogens is 1. The summed E-state index contributed by atoms with van der Waals surface area (Å²) in [5.41, 5.74) is 2.69. The summed E-state index contributed by atoms with van der Waals surface area (Å²) < 4.78 is 1.54. The number of rotatable bonds is 5. The van der Waals surface area contributed by atoms with Gasteiger partial charge >= 0.3 is 11.7 Å². The Bertz CT molecular complexity index is 704. The molecule has 0 amide bonds. The molecule has 1 unspecified atom stereocenters. The Morgan fingerprint density at radius 3 is 2.76 bits per heavy atom. The minimum Gasteiger partial charge on any atom is -0.481 e. The van der Waals surface area contributed by atoms with Crippen LogP contribution in [0.15, 0.2) is 17.2 Å².